The second-order valence-corrected chi connectivity index (χ2v) is 8.03. The number of nitrogens with zero attached hydrogens (tertiary/aromatic N) is 1. The number of benzene rings is 2. The van der Waals surface area contributed by atoms with Crippen LogP contribution in [0.3, 0.4) is 0 Å². The fraction of sp³-hybridized carbons (Fsp3) is 0.333. The molecule has 0 bridgehead atoms. The minimum Gasteiger partial charge on any atom is -0.399 e. The quantitative estimate of drug-likeness (QED) is 0.800. The molecule has 25 heavy (non-hydrogen) atoms. The number of rotatable bonds is 5. The van der Waals surface area contributed by atoms with E-state index in [1.54, 1.807) is 0 Å². The molecule has 3 rings (SSSR count). The van der Waals surface area contributed by atoms with Crippen LogP contribution in [0.25, 0.3) is 0 Å². The fourth-order valence-corrected chi connectivity index (χ4v) is 4.48. The van der Waals surface area contributed by atoms with Gasteiger partial charge in [-0.2, -0.15) is 0 Å². The van der Waals surface area contributed by atoms with Crippen molar-refractivity contribution in [3.05, 3.63) is 59.9 Å². The average molecular weight is 363 g/mol. The summed E-state index contributed by atoms with van der Waals surface area (Å²) in [6.45, 7) is 2.44. The van der Waals surface area contributed by atoms with Gasteiger partial charge in [0, 0.05) is 31.4 Å². The molecule has 5 nitrogen and oxygen atoms in total. The third kappa shape index (κ3) is 4.56. The van der Waals surface area contributed by atoms with Gasteiger partial charge in [0.25, 0.3) is 0 Å². The van der Waals surface area contributed by atoms with Gasteiger partial charge >= 0.3 is 0 Å². The standard InChI is InChI=1S/C18H22FN3O2S/c19-17-7-6-15(20)12-18(17)25(23,24)21-16-8-10-22(11-9-16)13-14-4-2-1-3-5-14/h1-7,12,16,21H,8-11,13,20H2. The third-order valence-corrected chi connectivity index (χ3v) is 5.94. The Kier molecular flexibility index (Phi) is 5.36. The lowest BCUT2D eigenvalue weighted by molar-refractivity contribution is 0.200. The number of nitrogens with one attached hydrogen (secondary N) is 1. The molecule has 0 aliphatic carbocycles. The van der Waals surface area contributed by atoms with Crippen LogP contribution in [0.15, 0.2) is 53.4 Å². The lowest BCUT2D eigenvalue weighted by Gasteiger charge is -2.32. The first-order valence-electron chi connectivity index (χ1n) is 8.28. The normalized spacial score (nSPS) is 16.8. The minimum absolute atomic E-state index is 0.196. The summed E-state index contributed by atoms with van der Waals surface area (Å²) in [5.74, 6) is -0.789. The van der Waals surface area contributed by atoms with Crippen molar-refractivity contribution < 1.29 is 12.8 Å². The predicted molar refractivity (Wildman–Crippen MR) is 95.9 cm³/mol. The molecule has 134 valence electrons. The van der Waals surface area contributed by atoms with E-state index in [-0.39, 0.29) is 16.6 Å². The van der Waals surface area contributed by atoms with Crippen molar-refractivity contribution in [3.63, 3.8) is 0 Å². The number of nitrogens with two attached hydrogens (primary N) is 1. The lowest BCUT2D eigenvalue weighted by Crippen LogP contribution is -2.44. The summed E-state index contributed by atoms with van der Waals surface area (Å²) in [5.41, 5.74) is 7.04. The molecule has 1 heterocycles. The number of hydrogen-bond donors (Lipinski definition) is 2. The fourth-order valence-electron chi connectivity index (χ4n) is 3.06. The number of hydrogen-bond acceptors (Lipinski definition) is 4. The number of likely N-dealkylation sites (tertiary alicyclic amines) is 1. The second-order valence-electron chi connectivity index (χ2n) is 6.35. The molecule has 2 aromatic rings. The van der Waals surface area contributed by atoms with Gasteiger partial charge in [-0.3, -0.25) is 4.90 Å². The molecule has 3 N–H and O–H groups in total. The molecular formula is C18H22FN3O2S. The molecule has 0 radical (unpaired) electrons. The van der Waals surface area contributed by atoms with E-state index in [0.29, 0.717) is 12.8 Å². The summed E-state index contributed by atoms with van der Waals surface area (Å²) in [6, 6.07) is 13.5. The zero-order valence-corrected chi connectivity index (χ0v) is 14.7. The summed E-state index contributed by atoms with van der Waals surface area (Å²) < 4.78 is 41.3. The average Bonchev–Trinajstić information content (AvgIpc) is 2.59. The first-order chi connectivity index (χ1) is 11.9. The van der Waals surface area contributed by atoms with E-state index in [4.69, 9.17) is 5.73 Å². The molecule has 1 aliphatic rings. The molecule has 1 aliphatic heterocycles. The van der Waals surface area contributed by atoms with Gasteiger partial charge < -0.3 is 5.73 Å². The molecule has 7 heteroatoms. The number of halogens is 1. The molecule has 0 unspecified atom stereocenters. The first kappa shape index (κ1) is 17.8. The molecule has 0 amide bonds. The Morgan fingerprint density at radius 1 is 1.12 bits per heavy atom. The smallest absolute Gasteiger partial charge is 0.243 e. The van der Waals surface area contributed by atoms with Crippen LogP contribution in [0.2, 0.25) is 0 Å². The molecule has 1 fully saturated rings. The maximum Gasteiger partial charge on any atom is 0.243 e. The van der Waals surface area contributed by atoms with Crippen molar-refractivity contribution in [2.24, 2.45) is 0 Å². The minimum atomic E-state index is -3.91. The van der Waals surface area contributed by atoms with Crippen molar-refractivity contribution >= 4 is 15.7 Å². The maximum atomic E-state index is 13.8. The van der Waals surface area contributed by atoms with Crippen LogP contribution in [0.4, 0.5) is 10.1 Å². The number of nitrogen functional groups attached to an aromatic ring is 1. The summed E-state index contributed by atoms with van der Waals surface area (Å²) in [6.07, 6.45) is 1.38. The Hall–Kier alpha value is -1.96. The highest BCUT2D eigenvalue weighted by molar-refractivity contribution is 7.89. The SMILES string of the molecule is Nc1ccc(F)c(S(=O)(=O)NC2CCN(Cc3ccccc3)CC2)c1. The summed E-state index contributed by atoms with van der Waals surface area (Å²) in [7, 11) is -3.91. The van der Waals surface area contributed by atoms with Crippen LogP contribution >= 0.6 is 0 Å². The van der Waals surface area contributed by atoms with Gasteiger partial charge in [0.2, 0.25) is 10.0 Å². The van der Waals surface area contributed by atoms with Crippen molar-refractivity contribution in [3.8, 4) is 0 Å². The Morgan fingerprint density at radius 2 is 1.80 bits per heavy atom. The Balaban J connectivity index is 1.59. The van der Waals surface area contributed by atoms with Gasteiger partial charge in [-0.25, -0.2) is 17.5 Å². The van der Waals surface area contributed by atoms with Crippen molar-refractivity contribution in [1.82, 2.24) is 9.62 Å². The zero-order valence-electron chi connectivity index (χ0n) is 13.9. The van der Waals surface area contributed by atoms with Gasteiger partial charge in [0.15, 0.2) is 0 Å². The summed E-state index contributed by atoms with van der Waals surface area (Å²) in [4.78, 5) is 1.90. The number of anilines is 1. The van der Waals surface area contributed by atoms with Crippen molar-refractivity contribution in [2.45, 2.75) is 30.3 Å². The van der Waals surface area contributed by atoms with Gasteiger partial charge in [-0.1, -0.05) is 30.3 Å². The van der Waals surface area contributed by atoms with Crippen LogP contribution in [-0.4, -0.2) is 32.4 Å². The molecule has 1 saturated heterocycles. The Bertz CT molecular complexity index is 819. The second kappa shape index (κ2) is 7.51. The molecular weight excluding hydrogens is 341 g/mol. The third-order valence-electron chi connectivity index (χ3n) is 4.40. The van der Waals surface area contributed by atoms with Crippen LogP contribution < -0.4 is 10.5 Å². The highest BCUT2D eigenvalue weighted by atomic mass is 32.2. The highest BCUT2D eigenvalue weighted by Crippen LogP contribution is 2.20. The van der Waals surface area contributed by atoms with Gasteiger partial charge in [-0.05, 0) is 36.6 Å². The summed E-state index contributed by atoms with van der Waals surface area (Å²) in [5, 5.41) is 0. The van der Waals surface area contributed by atoms with Gasteiger partial charge in [0.1, 0.15) is 10.7 Å². The van der Waals surface area contributed by atoms with Gasteiger partial charge in [-0.15, -0.1) is 0 Å². The monoisotopic (exact) mass is 363 g/mol. The van der Waals surface area contributed by atoms with E-state index in [2.05, 4.69) is 21.8 Å². The topological polar surface area (TPSA) is 75.4 Å². The van der Waals surface area contributed by atoms with E-state index >= 15 is 0 Å². The maximum absolute atomic E-state index is 13.8. The van der Waals surface area contributed by atoms with E-state index in [1.807, 2.05) is 18.2 Å². The molecule has 0 saturated carbocycles. The highest BCUT2D eigenvalue weighted by Gasteiger charge is 2.26. The summed E-state index contributed by atoms with van der Waals surface area (Å²) >= 11 is 0. The van der Waals surface area contributed by atoms with E-state index in [9.17, 15) is 12.8 Å². The number of sulfonamides is 1. The van der Waals surface area contributed by atoms with Crippen molar-refractivity contribution in [1.29, 1.82) is 0 Å². The largest absolute Gasteiger partial charge is 0.399 e. The van der Waals surface area contributed by atoms with E-state index in [0.717, 1.165) is 31.8 Å². The Morgan fingerprint density at radius 3 is 2.48 bits per heavy atom. The molecule has 0 atom stereocenters. The Labute approximate surface area is 147 Å². The molecule has 0 spiro atoms. The van der Waals surface area contributed by atoms with Crippen LogP contribution in [0.1, 0.15) is 18.4 Å². The first-order valence-corrected chi connectivity index (χ1v) is 9.76. The molecule has 2 aromatic carbocycles. The number of piperidine rings is 1. The van der Waals surface area contributed by atoms with Crippen LogP contribution in [-0.2, 0) is 16.6 Å². The molecule has 0 aromatic heterocycles. The zero-order chi connectivity index (χ0) is 17.9. The lowest BCUT2D eigenvalue weighted by atomic mass is 10.1. The van der Waals surface area contributed by atoms with Gasteiger partial charge in [0.05, 0.1) is 0 Å². The predicted octanol–water partition coefficient (Wildman–Crippen LogP) is 2.35. The van der Waals surface area contributed by atoms with E-state index < -0.39 is 15.8 Å². The van der Waals surface area contributed by atoms with Crippen molar-refractivity contribution in [2.75, 3.05) is 18.8 Å². The van der Waals surface area contributed by atoms with Crippen LogP contribution in [0, 0.1) is 5.82 Å². The van der Waals surface area contributed by atoms with Crippen LogP contribution in [0.5, 0.6) is 0 Å². The van der Waals surface area contributed by atoms with E-state index in [1.165, 1.54) is 11.6 Å².